The molecule has 0 spiro atoms. The highest BCUT2D eigenvalue weighted by atomic mass is 79.9. The Labute approximate surface area is 107 Å². The Balaban J connectivity index is 2.21. The predicted octanol–water partition coefficient (Wildman–Crippen LogP) is 3.03. The molecule has 1 aromatic carbocycles. The fourth-order valence-electron chi connectivity index (χ4n) is 1.84. The molecule has 3 rings (SSSR count). The van der Waals surface area contributed by atoms with E-state index in [0.29, 0.717) is 0 Å². The number of aryl methyl sites for hydroxylation is 1. The second-order valence-electron chi connectivity index (χ2n) is 4.01. The minimum Gasteiger partial charge on any atom is -0.338 e. The Kier molecular flexibility index (Phi) is 2.29. The van der Waals surface area contributed by atoms with Gasteiger partial charge in [0.05, 0.1) is 22.8 Å². The van der Waals surface area contributed by atoms with Crippen molar-refractivity contribution in [2.45, 2.75) is 6.92 Å². The van der Waals surface area contributed by atoms with E-state index in [0.717, 1.165) is 32.6 Å². The van der Waals surface area contributed by atoms with Gasteiger partial charge in [-0.05, 0) is 25.1 Å². The Hall–Kier alpha value is -1.62. The zero-order valence-corrected chi connectivity index (χ0v) is 11.1. The molecule has 0 saturated carbocycles. The smallest absolute Gasteiger partial charge is 0.141 e. The number of H-pyrrole nitrogens is 1. The predicted molar refractivity (Wildman–Crippen MR) is 70.7 cm³/mol. The van der Waals surface area contributed by atoms with Crippen LogP contribution in [-0.2, 0) is 7.05 Å². The molecule has 0 saturated heterocycles. The van der Waals surface area contributed by atoms with E-state index in [2.05, 4.69) is 31.0 Å². The summed E-state index contributed by atoms with van der Waals surface area (Å²) in [5.41, 5.74) is 4.13. The van der Waals surface area contributed by atoms with Crippen LogP contribution in [0.25, 0.3) is 22.4 Å². The van der Waals surface area contributed by atoms with Crippen molar-refractivity contribution in [2.24, 2.45) is 7.05 Å². The van der Waals surface area contributed by atoms with Crippen molar-refractivity contribution < 1.29 is 0 Å². The quantitative estimate of drug-likeness (QED) is 0.749. The fraction of sp³-hybridized carbons (Fsp3) is 0.167. The van der Waals surface area contributed by atoms with Crippen LogP contribution in [0.15, 0.2) is 28.9 Å². The van der Waals surface area contributed by atoms with Gasteiger partial charge in [0.25, 0.3) is 0 Å². The molecule has 0 amide bonds. The van der Waals surface area contributed by atoms with E-state index >= 15 is 0 Å². The summed E-state index contributed by atoms with van der Waals surface area (Å²) in [5.74, 6) is 0.865. The lowest BCUT2D eigenvalue weighted by molar-refractivity contribution is 0.740. The van der Waals surface area contributed by atoms with E-state index in [1.165, 1.54) is 0 Å². The number of halogens is 1. The van der Waals surface area contributed by atoms with Crippen molar-refractivity contribution in [1.29, 1.82) is 0 Å². The first-order valence-corrected chi connectivity index (χ1v) is 6.08. The highest BCUT2D eigenvalue weighted by Crippen LogP contribution is 2.24. The van der Waals surface area contributed by atoms with Gasteiger partial charge in [0.15, 0.2) is 0 Å². The molecule has 4 nitrogen and oxygen atoms in total. The largest absolute Gasteiger partial charge is 0.338 e. The van der Waals surface area contributed by atoms with Crippen LogP contribution in [0, 0.1) is 6.92 Å². The Morgan fingerprint density at radius 2 is 2.18 bits per heavy atom. The molecule has 0 atom stereocenters. The molecule has 0 fully saturated rings. The van der Waals surface area contributed by atoms with Crippen LogP contribution in [0.5, 0.6) is 0 Å². The maximum atomic E-state index is 4.57. The molecule has 0 aliphatic heterocycles. The van der Waals surface area contributed by atoms with Gasteiger partial charge in [-0.25, -0.2) is 4.98 Å². The third kappa shape index (κ3) is 1.67. The van der Waals surface area contributed by atoms with Crippen LogP contribution in [-0.4, -0.2) is 19.7 Å². The molecule has 3 aromatic rings. The molecule has 0 bridgehead atoms. The number of hydrogen-bond donors (Lipinski definition) is 1. The van der Waals surface area contributed by atoms with E-state index in [-0.39, 0.29) is 0 Å². The van der Waals surface area contributed by atoms with Gasteiger partial charge >= 0.3 is 0 Å². The first-order chi connectivity index (χ1) is 8.15. The second-order valence-corrected chi connectivity index (χ2v) is 4.93. The maximum Gasteiger partial charge on any atom is 0.141 e. The zero-order chi connectivity index (χ0) is 12.0. The van der Waals surface area contributed by atoms with Crippen LogP contribution >= 0.6 is 15.9 Å². The Morgan fingerprint density at radius 3 is 2.88 bits per heavy atom. The number of nitrogens with one attached hydrogen (secondary N) is 1. The molecular formula is C12H11BrN4. The van der Waals surface area contributed by atoms with Gasteiger partial charge < -0.3 is 4.98 Å². The van der Waals surface area contributed by atoms with Crippen LogP contribution < -0.4 is 0 Å². The second kappa shape index (κ2) is 3.70. The molecule has 0 unspecified atom stereocenters. The number of aromatic amines is 1. The van der Waals surface area contributed by atoms with Crippen LogP contribution in [0.1, 0.15) is 5.69 Å². The summed E-state index contributed by atoms with van der Waals surface area (Å²) in [6.07, 6.45) is 1.84. The fourth-order valence-corrected chi connectivity index (χ4v) is 2.20. The molecule has 0 radical (unpaired) electrons. The summed E-state index contributed by atoms with van der Waals surface area (Å²) in [5, 5.41) is 4.23. The number of hydrogen-bond acceptors (Lipinski definition) is 2. The van der Waals surface area contributed by atoms with Crippen molar-refractivity contribution in [2.75, 3.05) is 0 Å². The van der Waals surface area contributed by atoms with Crippen molar-refractivity contribution >= 4 is 27.0 Å². The lowest BCUT2D eigenvalue weighted by atomic mass is 10.2. The number of nitrogens with zero attached hydrogens (tertiary/aromatic N) is 3. The molecule has 0 aliphatic rings. The molecule has 5 heteroatoms. The SMILES string of the molecule is Cc1c(-c2nc3ccc(Br)cc3[nH]2)cnn1C. The summed E-state index contributed by atoms with van der Waals surface area (Å²) >= 11 is 3.45. The van der Waals surface area contributed by atoms with E-state index in [1.807, 2.05) is 43.0 Å². The van der Waals surface area contributed by atoms with Gasteiger partial charge in [0.1, 0.15) is 5.82 Å². The summed E-state index contributed by atoms with van der Waals surface area (Å²) < 4.78 is 2.89. The molecular weight excluding hydrogens is 280 g/mol. The number of aromatic nitrogens is 4. The normalized spacial score (nSPS) is 11.2. The number of rotatable bonds is 1. The van der Waals surface area contributed by atoms with Gasteiger partial charge in [-0.2, -0.15) is 5.10 Å². The van der Waals surface area contributed by atoms with Gasteiger partial charge in [-0.1, -0.05) is 15.9 Å². The number of benzene rings is 1. The Bertz CT molecular complexity index is 696. The minimum absolute atomic E-state index is 0.865. The molecule has 2 heterocycles. The maximum absolute atomic E-state index is 4.57. The first-order valence-electron chi connectivity index (χ1n) is 5.29. The molecule has 0 aliphatic carbocycles. The Morgan fingerprint density at radius 1 is 1.35 bits per heavy atom. The van der Waals surface area contributed by atoms with Gasteiger partial charge in [-0.3, -0.25) is 4.68 Å². The van der Waals surface area contributed by atoms with Crippen molar-refractivity contribution in [3.05, 3.63) is 34.6 Å². The van der Waals surface area contributed by atoms with Gasteiger partial charge in [0.2, 0.25) is 0 Å². The van der Waals surface area contributed by atoms with Crippen molar-refractivity contribution in [3.8, 4) is 11.4 Å². The zero-order valence-electron chi connectivity index (χ0n) is 9.53. The monoisotopic (exact) mass is 290 g/mol. The third-order valence-electron chi connectivity index (χ3n) is 2.93. The lowest BCUT2D eigenvalue weighted by Crippen LogP contribution is -1.92. The molecule has 1 N–H and O–H groups in total. The van der Waals surface area contributed by atoms with E-state index in [9.17, 15) is 0 Å². The van der Waals surface area contributed by atoms with Crippen LogP contribution in [0.4, 0.5) is 0 Å². The van der Waals surface area contributed by atoms with Gasteiger partial charge in [-0.15, -0.1) is 0 Å². The summed E-state index contributed by atoms with van der Waals surface area (Å²) in [7, 11) is 1.93. The van der Waals surface area contributed by atoms with E-state index < -0.39 is 0 Å². The standard InChI is InChI=1S/C12H11BrN4/c1-7-9(6-14-17(7)2)12-15-10-4-3-8(13)5-11(10)16-12/h3-6H,1-2H3,(H,15,16). The van der Waals surface area contributed by atoms with E-state index in [1.54, 1.807) is 0 Å². The van der Waals surface area contributed by atoms with Crippen molar-refractivity contribution in [1.82, 2.24) is 19.7 Å². The molecule has 2 aromatic heterocycles. The lowest BCUT2D eigenvalue weighted by Gasteiger charge is -1.95. The molecule has 17 heavy (non-hydrogen) atoms. The topological polar surface area (TPSA) is 46.5 Å². The van der Waals surface area contributed by atoms with E-state index in [4.69, 9.17) is 0 Å². The summed E-state index contributed by atoms with van der Waals surface area (Å²) in [6.45, 7) is 2.03. The third-order valence-corrected chi connectivity index (χ3v) is 3.43. The van der Waals surface area contributed by atoms with Gasteiger partial charge in [0, 0.05) is 17.2 Å². The molecule has 86 valence electrons. The summed E-state index contributed by atoms with van der Waals surface area (Å²) in [4.78, 5) is 7.88. The van der Waals surface area contributed by atoms with Crippen molar-refractivity contribution in [3.63, 3.8) is 0 Å². The summed E-state index contributed by atoms with van der Waals surface area (Å²) in [6, 6.07) is 6.01. The highest BCUT2D eigenvalue weighted by molar-refractivity contribution is 9.10. The van der Waals surface area contributed by atoms with Crippen LogP contribution in [0.2, 0.25) is 0 Å². The first kappa shape index (κ1) is 10.5. The number of fused-ring (bicyclic) bond motifs is 1. The number of imidazole rings is 1. The highest BCUT2D eigenvalue weighted by Gasteiger charge is 2.10. The average Bonchev–Trinajstić information content (AvgIpc) is 2.83. The minimum atomic E-state index is 0.865. The van der Waals surface area contributed by atoms with Crippen LogP contribution in [0.3, 0.4) is 0 Å². The average molecular weight is 291 g/mol.